The van der Waals surface area contributed by atoms with Crippen molar-refractivity contribution in [3.8, 4) is 0 Å². The lowest BCUT2D eigenvalue weighted by Crippen LogP contribution is -2.37. The van der Waals surface area contributed by atoms with Crippen LogP contribution < -0.4 is 16.6 Å². The molecule has 0 aromatic carbocycles. The molecular weight excluding hydrogens is 258 g/mol. The van der Waals surface area contributed by atoms with Gasteiger partial charge in [-0.2, -0.15) is 0 Å². The van der Waals surface area contributed by atoms with E-state index in [1.54, 1.807) is 7.05 Å². The highest BCUT2D eigenvalue weighted by Crippen LogP contribution is 2.25. The fourth-order valence-corrected chi connectivity index (χ4v) is 3.04. The lowest BCUT2D eigenvalue weighted by Gasteiger charge is -2.22. The van der Waals surface area contributed by atoms with Crippen molar-refractivity contribution < 1.29 is 0 Å². The minimum Gasteiger partial charge on any atom is -0.317 e. The van der Waals surface area contributed by atoms with E-state index in [2.05, 4.69) is 10.3 Å². The van der Waals surface area contributed by atoms with Gasteiger partial charge in [0.2, 0.25) is 0 Å². The van der Waals surface area contributed by atoms with Gasteiger partial charge in [-0.25, -0.2) is 9.78 Å². The smallest absolute Gasteiger partial charge is 0.317 e. The molecular formula is C13H19N5O2. The molecule has 2 aromatic heterocycles. The van der Waals surface area contributed by atoms with Crippen LogP contribution in [0.1, 0.15) is 24.6 Å². The van der Waals surface area contributed by atoms with Crippen LogP contribution in [0.25, 0.3) is 11.2 Å². The molecule has 0 amide bonds. The highest BCUT2D eigenvalue weighted by Gasteiger charge is 2.23. The molecule has 7 nitrogen and oxygen atoms in total. The molecule has 3 rings (SSSR count). The van der Waals surface area contributed by atoms with Gasteiger partial charge in [0.1, 0.15) is 11.5 Å². The maximum absolute atomic E-state index is 12.2. The molecule has 0 bridgehead atoms. The second-order valence-electron chi connectivity index (χ2n) is 5.43. The largest absolute Gasteiger partial charge is 0.332 e. The van der Waals surface area contributed by atoms with Crippen LogP contribution in [0.4, 0.5) is 0 Å². The predicted molar refractivity (Wildman–Crippen MR) is 76.0 cm³/mol. The molecule has 1 fully saturated rings. The van der Waals surface area contributed by atoms with Crippen molar-refractivity contribution in [2.45, 2.75) is 18.8 Å². The standard InChI is InChI=1S/C13H19N5O2/c1-16-10(8-4-6-14-7-5-8)15-9-11(16)17(2)13(20)18(3)12(9)19/h8,14H,4-7H2,1-3H3. The normalized spacial score (nSPS) is 16.9. The van der Waals surface area contributed by atoms with Crippen LogP contribution in [0.5, 0.6) is 0 Å². The number of rotatable bonds is 1. The second kappa shape index (κ2) is 4.59. The van der Waals surface area contributed by atoms with Crippen LogP contribution >= 0.6 is 0 Å². The highest BCUT2D eigenvalue weighted by molar-refractivity contribution is 5.71. The van der Waals surface area contributed by atoms with Gasteiger partial charge in [-0.15, -0.1) is 0 Å². The van der Waals surface area contributed by atoms with Gasteiger partial charge in [0.15, 0.2) is 5.52 Å². The molecule has 108 valence electrons. The highest BCUT2D eigenvalue weighted by atomic mass is 16.2. The number of aryl methyl sites for hydroxylation is 2. The van der Waals surface area contributed by atoms with E-state index in [1.165, 1.54) is 11.6 Å². The van der Waals surface area contributed by atoms with Crippen LogP contribution in [0.2, 0.25) is 0 Å². The Morgan fingerprint density at radius 1 is 1.05 bits per heavy atom. The zero-order valence-electron chi connectivity index (χ0n) is 12.0. The van der Waals surface area contributed by atoms with E-state index in [1.807, 2.05) is 11.6 Å². The van der Waals surface area contributed by atoms with E-state index in [9.17, 15) is 9.59 Å². The van der Waals surface area contributed by atoms with Crippen LogP contribution in [-0.4, -0.2) is 31.8 Å². The fourth-order valence-electron chi connectivity index (χ4n) is 3.04. The van der Waals surface area contributed by atoms with E-state index in [0.717, 1.165) is 36.3 Å². The summed E-state index contributed by atoms with van der Waals surface area (Å²) in [7, 11) is 5.05. The molecule has 7 heteroatoms. The Labute approximate surface area is 115 Å². The summed E-state index contributed by atoms with van der Waals surface area (Å²) < 4.78 is 4.50. The number of piperidine rings is 1. The average Bonchev–Trinajstić information content (AvgIpc) is 2.81. The van der Waals surface area contributed by atoms with Crippen molar-refractivity contribution in [3.05, 3.63) is 26.7 Å². The molecule has 1 N–H and O–H groups in total. The van der Waals surface area contributed by atoms with Gasteiger partial charge in [-0.1, -0.05) is 0 Å². The number of nitrogens with one attached hydrogen (secondary N) is 1. The van der Waals surface area contributed by atoms with Crippen molar-refractivity contribution in [3.63, 3.8) is 0 Å². The predicted octanol–water partition coefficient (Wildman–Crippen LogP) is -0.562. The molecule has 1 saturated heterocycles. The summed E-state index contributed by atoms with van der Waals surface area (Å²) in [6.07, 6.45) is 2.01. The first-order chi connectivity index (χ1) is 9.52. The fraction of sp³-hybridized carbons (Fsp3) is 0.615. The number of hydrogen-bond donors (Lipinski definition) is 1. The van der Waals surface area contributed by atoms with Gasteiger partial charge in [-0.3, -0.25) is 13.9 Å². The Balaban J connectivity index is 2.29. The maximum Gasteiger partial charge on any atom is 0.332 e. The Kier molecular flexibility index (Phi) is 3.01. The third-order valence-electron chi connectivity index (χ3n) is 4.20. The monoisotopic (exact) mass is 277 g/mol. The molecule has 2 aromatic rings. The van der Waals surface area contributed by atoms with Crippen molar-refractivity contribution in [1.82, 2.24) is 24.0 Å². The summed E-state index contributed by atoms with van der Waals surface area (Å²) in [6, 6.07) is 0. The number of fused-ring (bicyclic) bond motifs is 1. The number of imidazole rings is 1. The number of hydrogen-bond acceptors (Lipinski definition) is 4. The second-order valence-corrected chi connectivity index (χ2v) is 5.43. The zero-order chi connectivity index (χ0) is 14.4. The van der Waals surface area contributed by atoms with Crippen molar-refractivity contribution >= 4 is 11.2 Å². The van der Waals surface area contributed by atoms with Gasteiger partial charge in [0, 0.05) is 27.1 Å². The molecule has 0 unspecified atom stereocenters. The Hall–Kier alpha value is -1.89. The van der Waals surface area contributed by atoms with Crippen LogP contribution in [0.15, 0.2) is 9.59 Å². The van der Waals surface area contributed by atoms with E-state index in [4.69, 9.17) is 0 Å². The number of aromatic nitrogens is 4. The molecule has 20 heavy (non-hydrogen) atoms. The third-order valence-corrected chi connectivity index (χ3v) is 4.20. The maximum atomic E-state index is 12.2. The summed E-state index contributed by atoms with van der Waals surface area (Å²) in [5.74, 6) is 1.24. The Bertz CT molecular complexity index is 777. The van der Waals surface area contributed by atoms with Gasteiger partial charge >= 0.3 is 5.69 Å². The summed E-state index contributed by atoms with van der Waals surface area (Å²) >= 11 is 0. The molecule has 0 radical (unpaired) electrons. The van der Waals surface area contributed by atoms with Crippen molar-refractivity contribution in [2.24, 2.45) is 21.1 Å². The molecule has 3 heterocycles. The minimum atomic E-state index is -0.320. The van der Waals surface area contributed by atoms with Gasteiger partial charge in [0.25, 0.3) is 5.56 Å². The summed E-state index contributed by atoms with van der Waals surface area (Å²) in [5, 5.41) is 3.32. The van der Waals surface area contributed by atoms with Gasteiger partial charge < -0.3 is 9.88 Å². The van der Waals surface area contributed by atoms with Crippen molar-refractivity contribution in [1.29, 1.82) is 0 Å². The quantitative estimate of drug-likeness (QED) is 0.758. The topological polar surface area (TPSA) is 73.8 Å². The first-order valence-electron chi connectivity index (χ1n) is 6.85. The minimum absolute atomic E-state index is 0.317. The van der Waals surface area contributed by atoms with E-state index >= 15 is 0 Å². The van der Waals surface area contributed by atoms with Gasteiger partial charge in [-0.05, 0) is 25.9 Å². The molecule has 0 atom stereocenters. The summed E-state index contributed by atoms with van der Waals surface area (Å²) in [4.78, 5) is 28.8. The molecule has 0 aliphatic carbocycles. The van der Waals surface area contributed by atoms with Crippen LogP contribution in [0, 0.1) is 0 Å². The Morgan fingerprint density at radius 3 is 2.35 bits per heavy atom. The number of nitrogens with zero attached hydrogens (tertiary/aromatic N) is 4. The molecule has 0 saturated carbocycles. The van der Waals surface area contributed by atoms with Crippen LogP contribution in [-0.2, 0) is 21.1 Å². The van der Waals surface area contributed by atoms with E-state index < -0.39 is 0 Å². The lowest BCUT2D eigenvalue weighted by molar-refractivity contribution is 0.438. The Morgan fingerprint density at radius 2 is 1.70 bits per heavy atom. The van der Waals surface area contributed by atoms with Crippen molar-refractivity contribution in [2.75, 3.05) is 13.1 Å². The lowest BCUT2D eigenvalue weighted by atomic mass is 9.97. The molecule has 1 aliphatic rings. The first kappa shape index (κ1) is 13.1. The van der Waals surface area contributed by atoms with Crippen LogP contribution in [0.3, 0.4) is 0 Å². The molecule has 1 aliphatic heterocycles. The van der Waals surface area contributed by atoms with E-state index in [-0.39, 0.29) is 11.2 Å². The molecule has 0 spiro atoms. The summed E-state index contributed by atoms with van der Waals surface area (Å²) in [5.41, 5.74) is 0.346. The van der Waals surface area contributed by atoms with E-state index in [0.29, 0.717) is 17.1 Å². The third kappa shape index (κ3) is 1.73. The zero-order valence-corrected chi connectivity index (χ0v) is 12.0. The average molecular weight is 277 g/mol. The van der Waals surface area contributed by atoms with Gasteiger partial charge in [0.05, 0.1) is 0 Å². The first-order valence-corrected chi connectivity index (χ1v) is 6.85. The summed E-state index contributed by atoms with van der Waals surface area (Å²) in [6.45, 7) is 1.93. The SMILES string of the molecule is Cn1c(=O)c2nc(C3CCNCC3)n(C)c2n(C)c1=O.